The number of nitrogens with zero attached hydrogens (tertiary/aromatic N) is 2. The van der Waals surface area contributed by atoms with Crippen LogP contribution in [-0.2, 0) is 16.6 Å². The van der Waals surface area contributed by atoms with Crippen molar-refractivity contribution in [1.82, 2.24) is 9.78 Å². The summed E-state index contributed by atoms with van der Waals surface area (Å²) in [6.45, 7) is 0.336. The fourth-order valence-electron chi connectivity index (χ4n) is 2.87. The zero-order chi connectivity index (χ0) is 15.2. The van der Waals surface area contributed by atoms with Gasteiger partial charge in [0.25, 0.3) is 0 Å². The number of hydrogen-bond donors (Lipinski definition) is 2. The second-order valence-corrected chi connectivity index (χ2v) is 5.76. The van der Waals surface area contributed by atoms with Gasteiger partial charge < -0.3 is 15.8 Å². The van der Waals surface area contributed by atoms with Crippen LogP contribution in [0.15, 0.2) is 6.07 Å². The van der Waals surface area contributed by atoms with E-state index in [0.717, 1.165) is 11.5 Å². The normalized spacial score (nSPS) is 17.7. The van der Waals surface area contributed by atoms with Gasteiger partial charge in [-0.15, -0.1) is 0 Å². The number of carbonyl (C=O) groups excluding carboxylic acids is 1. The summed E-state index contributed by atoms with van der Waals surface area (Å²) in [7, 11) is 3.43. The molecule has 6 heteroatoms. The molecule has 3 N–H and O–H groups in total. The molecule has 0 aromatic carbocycles. The number of ether oxygens (including phenoxy) is 1. The Hall–Kier alpha value is -1.40. The van der Waals surface area contributed by atoms with Crippen molar-refractivity contribution < 1.29 is 9.53 Å². The number of carbonyl (C=O) groups is 1. The molecule has 0 radical (unpaired) electrons. The van der Waals surface area contributed by atoms with Crippen LogP contribution in [0, 0.1) is 0 Å². The van der Waals surface area contributed by atoms with Crippen LogP contribution in [0.1, 0.15) is 50.1 Å². The predicted molar refractivity (Wildman–Crippen MR) is 82.1 cm³/mol. The molecule has 1 unspecified atom stereocenters. The van der Waals surface area contributed by atoms with Gasteiger partial charge in [-0.3, -0.25) is 9.48 Å². The molecule has 1 heterocycles. The first kappa shape index (κ1) is 16.0. The molecule has 1 aliphatic rings. The highest BCUT2D eigenvalue weighted by Gasteiger charge is 2.20. The summed E-state index contributed by atoms with van der Waals surface area (Å²) >= 11 is 0. The summed E-state index contributed by atoms with van der Waals surface area (Å²) in [5.74, 6) is 1.18. The quantitative estimate of drug-likeness (QED) is 0.837. The van der Waals surface area contributed by atoms with E-state index in [0.29, 0.717) is 12.5 Å². The fraction of sp³-hybridized carbons (Fsp3) is 0.733. The largest absolute Gasteiger partial charge is 0.380 e. The summed E-state index contributed by atoms with van der Waals surface area (Å²) < 4.78 is 6.87. The van der Waals surface area contributed by atoms with Gasteiger partial charge in [-0.05, 0) is 12.8 Å². The van der Waals surface area contributed by atoms with Crippen LogP contribution in [0.3, 0.4) is 0 Å². The molecule has 0 aliphatic heterocycles. The number of anilines is 1. The van der Waals surface area contributed by atoms with E-state index in [1.54, 1.807) is 11.8 Å². The Balaban J connectivity index is 1.97. The van der Waals surface area contributed by atoms with Crippen molar-refractivity contribution in [2.45, 2.75) is 50.5 Å². The van der Waals surface area contributed by atoms with E-state index in [-0.39, 0.29) is 18.4 Å². The van der Waals surface area contributed by atoms with Gasteiger partial charge in [0.15, 0.2) is 0 Å². The van der Waals surface area contributed by atoms with E-state index in [9.17, 15) is 4.79 Å². The molecule has 0 bridgehead atoms. The number of methoxy groups -OCH3 is 1. The zero-order valence-corrected chi connectivity index (χ0v) is 13.0. The molecule has 2 rings (SSSR count). The van der Waals surface area contributed by atoms with Crippen LogP contribution in [0.2, 0.25) is 0 Å². The molecule has 0 spiro atoms. The molecule has 6 nitrogen and oxygen atoms in total. The minimum atomic E-state index is -0.240. The highest BCUT2D eigenvalue weighted by Crippen LogP contribution is 2.32. The topological polar surface area (TPSA) is 82.2 Å². The number of amides is 1. The van der Waals surface area contributed by atoms with Crippen molar-refractivity contribution in [1.29, 1.82) is 0 Å². The van der Waals surface area contributed by atoms with Crippen molar-refractivity contribution in [2.24, 2.45) is 12.8 Å². The maximum Gasteiger partial charge on any atom is 0.228 e. The van der Waals surface area contributed by atoms with Gasteiger partial charge >= 0.3 is 0 Å². The Morgan fingerprint density at radius 2 is 2.24 bits per heavy atom. The maximum absolute atomic E-state index is 12.0. The lowest BCUT2D eigenvalue weighted by molar-refractivity contribution is -0.118. The van der Waals surface area contributed by atoms with Crippen LogP contribution < -0.4 is 11.1 Å². The molecule has 118 valence electrons. The first-order valence-corrected chi connectivity index (χ1v) is 7.70. The van der Waals surface area contributed by atoms with E-state index < -0.39 is 0 Å². The lowest BCUT2D eigenvalue weighted by Gasteiger charge is -2.19. The summed E-state index contributed by atoms with van der Waals surface area (Å²) in [5, 5.41) is 7.45. The lowest BCUT2D eigenvalue weighted by Crippen LogP contribution is -2.28. The lowest BCUT2D eigenvalue weighted by atomic mass is 9.87. The fourth-order valence-corrected chi connectivity index (χ4v) is 2.87. The average molecular weight is 294 g/mol. The summed E-state index contributed by atoms with van der Waals surface area (Å²) in [6, 6.07) is 2.00. The number of hydrogen-bond acceptors (Lipinski definition) is 4. The summed E-state index contributed by atoms with van der Waals surface area (Å²) in [6.07, 6.45) is 6.29. The minimum absolute atomic E-state index is 0.0921. The highest BCUT2D eigenvalue weighted by molar-refractivity contribution is 5.90. The number of nitrogens with two attached hydrogens (primary N) is 1. The third-order valence-corrected chi connectivity index (χ3v) is 4.20. The predicted octanol–water partition coefficient (Wildman–Crippen LogP) is 1.77. The second-order valence-electron chi connectivity index (χ2n) is 5.76. The van der Waals surface area contributed by atoms with Gasteiger partial charge in [0.05, 0.1) is 18.2 Å². The van der Waals surface area contributed by atoms with E-state index in [4.69, 9.17) is 10.5 Å². The zero-order valence-electron chi connectivity index (χ0n) is 13.0. The van der Waals surface area contributed by atoms with Gasteiger partial charge in [0.1, 0.15) is 5.82 Å². The Bertz CT molecular complexity index is 462. The van der Waals surface area contributed by atoms with Crippen molar-refractivity contribution in [2.75, 3.05) is 19.0 Å². The molecule has 1 aliphatic carbocycles. The molecular formula is C15H26N4O2. The molecule has 1 atom stereocenters. The van der Waals surface area contributed by atoms with Crippen molar-refractivity contribution in [3.63, 3.8) is 0 Å². The van der Waals surface area contributed by atoms with Crippen LogP contribution in [0.25, 0.3) is 0 Å². The summed E-state index contributed by atoms with van der Waals surface area (Å²) in [5.41, 5.74) is 6.63. The smallest absolute Gasteiger partial charge is 0.228 e. The van der Waals surface area contributed by atoms with E-state index in [1.165, 1.54) is 32.1 Å². The number of rotatable bonds is 6. The first-order valence-electron chi connectivity index (χ1n) is 7.70. The number of aryl methyl sites for hydroxylation is 1. The molecular weight excluding hydrogens is 268 g/mol. The van der Waals surface area contributed by atoms with Crippen molar-refractivity contribution in [3.05, 3.63) is 11.8 Å². The van der Waals surface area contributed by atoms with Gasteiger partial charge in [0.2, 0.25) is 5.91 Å². The number of aromatic nitrogens is 2. The second kappa shape index (κ2) is 7.56. The molecule has 1 amide bonds. The van der Waals surface area contributed by atoms with Crippen molar-refractivity contribution >= 4 is 11.7 Å². The molecule has 1 aromatic rings. The first-order chi connectivity index (χ1) is 10.1. The van der Waals surface area contributed by atoms with Crippen LogP contribution >= 0.6 is 0 Å². The molecule has 1 saturated carbocycles. The summed E-state index contributed by atoms with van der Waals surface area (Å²) in [4.78, 5) is 12.0. The number of nitrogens with one attached hydrogen (secondary N) is 1. The Kier molecular flexibility index (Phi) is 5.76. The van der Waals surface area contributed by atoms with E-state index in [2.05, 4.69) is 10.4 Å². The van der Waals surface area contributed by atoms with Crippen molar-refractivity contribution in [3.8, 4) is 0 Å². The van der Waals surface area contributed by atoms with Crippen LogP contribution in [0.4, 0.5) is 5.82 Å². The van der Waals surface area contributed by atoms with Crippen LogP contribution in [0.5, 0.6) is 0 Å². The Morgan fingerprint density at radius 3 is 2.86 bits per heavy atom. The van der Waals surface area contributed by atoms with E-state index in [1.807, 2.05) is 13.1 Å². The molecule has 1 fully saturated rings. The maximum atomic E-state index is 12.0. The Morgan fingerprint density at radius 1 is 1.52 bits per heavy atom. The van der Waals surface area contributed by atoms with Gasteiger partial charge in [-0.25, -0.2) is 0 Å². The van der Waals surface area contributed by atoms with E-state index >= 15 is 0 Å². The van der Waals surface area contributed by atoms with Gasteiger partial charge in [-0.2, -0.15) is 5.10 Å². The van der Waals surface area contributed by atoms with Crippen LogP contribution in [-0.4, -0.2) is 35.4 Å². The van der Waals surface area contributed by atoms with Gasteiger partial charge in [0, 0.05) is 32.7 Å². The standard InChI is InChI=1S/C15H26N4O2/c1-19-14(17-15(20)8-12(10-16)21-2)9-13(18-19)11-6-4-3-5-7-11/h9,11-12H,3-8,10,16H2,1-2H3,(H,17,20). The Labute approximate surface area is 126 Å². The highest BCUT2D eigenvalue weighted by atomic mass is 16.5. The monoisotopic (exact) mass is 294 g/mol. The third-order valence-electron chi connectivity index (χ3n) is 4.20. The third kappa shape index (κ3) is 4.28. The minimum Gasteiger partial charge on any atom is -0.380 e. The average Bonchev–Trinajstić information content (AvgIpc) is 2.87. The van der Waals surface area contributed by atoms with Gasteiger partial charge in [-0.1, -0.05) is 19.3 Å². The molecule has 1 aromatic heterocycles. The SMILES string of the molecule is COC(CN)CC(=O)Nc1cc(C2CCCCC2)nn1C. The molecule has 0 saturated heterocycles. The molecule has 21 heavy (non-hydrogen) atoms.